The van der Waals surface area contributed by atoms with E-state index in [4.69, 9.17) is 9.26 Å². The zero-order chi connectivity index (χ0) is 15.5. The number of aliphatic hydroxyl groups excluding tert-OH is 1. The average Bonchev–Trinajstić information content (AvgIpc) is 2.92. The van der Waals surface area contributed by atoms with Crippen molar-refractivity contribution in [2.75, 3.05) is 13.7 Å². The van der Waals surface area contributed by atoms with Gasteiger partial charge < -0.3 is 19.3 Å². The Morgan fingerprint density at radius 1 is 1.50 bits per heavy atom. The second-order valence-corrected chi connectivity index (χ2v) is 5.34. The molecule has 0 saturated heterocycles. The number of benzene rings is 1. The highest BCUT2D eigenvalue weighted by Gasteiger charge is 2.26. The monoisotopic (exact) mass is 302 g/mol. The third-order valence-corrected chi connectivity index (χ3v) is 3.80. The first-order valence-corrected chi connectivity index (χ1v) is 7.18. The maximum Gasteiger partial charge on any atom is 0.276 e. The number of fused-ring (bicyclic) bond motifs is 1. The molecule has 1 aliphatic heterocycles. The van der Waals surface area contributed by atoms with E-state index >= 15 is 0 Å². The molecule has 2 heterocycles. The molecule has 6 nitrogen and oxygen atoms in total. The molecule has 1 atom stereocenters. The van der Waals surface area contributed by atoms with E-state index in [-0.39, 0.29) is 18.2 Å². The Balaban J connectivity index is 1.81. The molecule has 3 rings (SSSR count). The molecule has 1 aliphatic rings. The molecule has 2 aromatic rings. The number of carbonyl (C=O) groups is 1. The van der Waals surface area contributed by atoms with Gasteiger partial charge in [-0.1, -0.05) is 29.4 Å². The summed E-state index contributed by atoms with van der Waals surface area (Å²) in [5.74, 6) is 0.316. The molecule has 1 amide bonds. The van der Waals surface area contributed by atoms with Crippen molar-refractivity contribution in [3.8, 4) is 0 Å². The molecule has 0 spiro atoms. The van der Waals surface area contributed by atoms with E-state index in [2.05, 4.69) is 5.16 Å². The van der Waals surface area contributed by atoms with Crippen molar-refractivity contribution in [3.05, 3.63) is 52.9 Å². The highest BCUT2D eigenvalue weighted by Crippen LogP contribution is 2.27. The maximum atomic E-state index is 12.6. The predicted molar refractivity (Wildman–Crippen MR) is 78.0 cm³/mol. The minimum Gasteiger partial charge on any atom is -0.388 e. The van der Waals surface area contributed by atoms with Gasteiger partial charge in [-0.05, 0) is 17.5 Å². The lowest BCUT2D eigenvalue weighted by atomic mass is 10.0. The predicted octanol–water partition coefficient (Wildman–Crippen LogP) is 1.90. The van der Waals surface area contributed by atoms with Gasteiger partial charge in [-0.25, -0.2) is 0 Å². The van der Waals surface area contributed by atoms with Gasteiger partial charge in [0.05, 0.1) is 6.10 Å². The van der Waals surface area contributed by atoms with E-state index in [0.717, 1.165) is 11.1 Å². The number of amides is 1. The van der Waals surface area contributed by atoms with Crippen LogP contribution in [0, 0.1) is 0 Å². The van der Waals surface area contributed by atoms with Crippen LogP contribution in [0.15, 0.2) is 34.9 Å². The fourth-order valence-electron chi connectivity index (χ4n) is 2.68. The Kier molecular flexibility index (Phi) is 4.22. The summed E-state index contributed by atoms with van der Waals surface area (Å²) in [6.45, 7) is 1.21. The largest absolute Gasteiger partial charge is 0.388 e. The van der Waals surface area contributed by atoms with Crippen LogP contribution >= 0.6 is 0 Å². The topological polar surface area (TPSA) is 75.8 Å². The Morgan fingerprint density at radius 2 is 2.32 bits per heavy atom. The van der Waals surface area contributed by atoms with Crippen LogP contribution in [0.25, 0.3) is 0 Å². The second-order valence-electron chi connectivity index (χ2n) is 5.34. The van der Waals surface area contributed by atoms with Crippen molar-refractivity contribution in [2.24, 2.45) is 0 Å². The Morgan fingerprint density at radius 3 is 3.14 bits per heavy atom. The first kappa shape index (κ1) is 14.7. The van der Waals surface area contributed by atoms with Crippen LogP contribution in [0.4, 0.5) is 0 Å². The van der Waals surface area contributed by atoms with Gasteiger partial charge in [-0.15, -0.1) is 0 Å². The van der Waals surface area contributed by atoms with Crippen LogP contribution in [0.3, 0.4) is 0 Å². The van der Waals surface area contributed by atoms with Gasteiger partial charge in [0.15, 0.2) is 11.5 Å². The molecule has 1 aromatic heterocycles. The van der Waals surface area contributed by atoms with Crippen molar-refractivity contribution in [2.45, 2.75) is 25.7 Å². The summed E-state index contributed by atoms with van der Waals surface area (Å²) in [6.07, 6.45) is -0.0405. The molecule has 116 valence electrons. The van der Waals surface area contributed by atoms with Gasteiger partial charge in [0, 0.05) is 26.3 Å². The molecule has 1 aromatic carbocycles. The zero-order valence-corrected chi connectivity index (χ0v) is 12.4. The van der Waals surface area contributed by atoms with Gasteiger partial charge in [0.2, 0.25) is 0 Å². The Bertz CT molecular complexity index is 668. The van der Waals surface area contributed by atoms with Crippen LogP contribution < -0.4 is 0 Å². The van der Waals surface area contributed by atoms with Gasteiger partial charge >= 0.3 is 0 Å². The lowest BCUT2D eigenvalue weighted by Gasteiger charge is -2.19. The smallest absolute Gasteiger partial charge is 0.276 e. The van der Waals surface area contributed by atoms with Gasteiger partial charge in [-0.2, -0.15) is 0 Å². The molecule has 0 fully saturated rings. The first-order chi connectivity index (χ1) is 10.7. The number of nitrogens with zero attached hydrogens (tertiary/aromatic N) is 2. The molecule has 1 unspecified atom stereocenters. The van der Waals surface area contributed by atoms with Crippen LogP contribution in [0.2, 0.25) is 0 Å². The number of rotatable bonds is 3. The lowest BCUT2D eigenvalue weighted by molar-refractivity contribution is 0.0712. The number of aliphatic hydroxyl groups is 1. The number of aromatic nitrogens is 1. The summed E-state index contributed by atoms with van der Waals surface area (Å²) in [5.41, 5.74) is 2.11. The molecule has 0 bridgehead atoms. The zero-order valence-electron chi connectivity index (χ0n) is 12.4. The molecule has 0 saturated carbocycles. The highest BCUT2D eigenvalue weighted by atomic mass is 16.5. The number of methoxy groups -OCH3 is 1. The molecular formula is C16H18N2O4. The lowest BCUT2D eigenvalue weighted by Crippen LogP contribution is -2.31. The van der Waals surface area contributed by atoms with Crippen LogP contribution in [0.5, 0.6) is 0 Å². The summed E-state index contributed by atoms with van der Waals surface area (Å²) in [4.78, 5) is 14.3. The van der Waals surface area contributed by atoms with E-state index in [9.17, 15) is 9.90 Å². The number of ether oxygens (including phenoxy) is 1. The summed E-state index contributed by atoms with van der Waals surface area (Å²) in [5, 5.41) is 14.0. The molecule has 1 N–H and O–H groups in total. The highest BCUT2D eigenvalue weighted by molar-refractivity contribution is 5.92. The van der Waals surface area contributed by atoms with Crippen molar-refractivity contribution in [1.82, 2.24) is 10.1 Å². The molecule has 0 radical (unpaired) electrons. The number of hydrogen-bond donors (Lipinski definition) is 1. The fourth-order valence-corrected chi connectivity index (χ4v) is 2.68. The minimum absolute atomic E-state index is 0.199. The fraction of sp³-hybridized carbons (Fsp3) is 0.375. The average molecular weight is 302 g/mol. The van der Waals surface area contributed by atoms with E-state index < -0.39 is 6.10 Å². The number of hydrogen-bond acceptors (Lipinski definition) is 5. The molecule has 22 heavy (non-hydrogen) atoms. The van der Waals surface area contributed by atoms with Gasteiger partial charge in [-0.3, -0.25) is 4.79 Å². The summed E-state index contributed by atoms with van der Waals surface area (Å²) < 4.78 is 10.0. The SMILES string of the molecule is COCc1cc(C(=O)N2CCC(O)c3ccccc3C2)no1. The maximum absolute atomic E-state index is 12.6. The van der Waals surface area contributed by atoms with Crippen LogP contribution in [0.1, 0.15) is 39.9 Å². The van der Waals surface area contributed by atoms with E-state index in [1.54, 1.807) is 18.1 Å². The van der Waals surface area contributed by atoms with Crippen LogP contribution in [-0.2, 0) is 17.9 Å². The van der Waals surface area contributed by atoms with Crippen molar-refractivity contribution >= 4 is 5.91 Å². The van der Waals surface area contributed by atoms with E-state index in [1.807, 2.05) is 24.3 Å². The number of carbonyl (C=O) groups excluding carboxylic acids is 1. The van der Waals surface area contributed by atoms with Crippen molar-refractivity contribution in [1.29, 1.82) is 0 Å². The van der Waals surface area contributed by atoms with E-state index in [0.29, 0.717) is 25.3 Å². The standard InChI is InChI=1S/C16H18N2O4/c1-21-10-12-8-14(17-22-12)16(20)18-7-6-15(19)13-5-3-2-4-11(13)9-18/h2-5,8,15,19H,6-7,9-10H2,1H3. The Hall–Kier alpha value is -2.18. The Labute approximate surface area is 128 Å². The second kappa shape index (κ2) is 6.29. The van der Waals surface area contributed by atoms with Crippen LogP contribution in [-0.4, -0.2) is 34.7 Å². The third kappa shape index (κ3) is 2.88. The quantitative estimate of drug-likeness (QED) is 0.937. The van der Waals surface area contributed by atoms with E-state index in [1.165, 1.54) is 0 Å². The van der Waals surface area contributed by atoms with Crippen molar-refractivity contribution in [3.63, 3.8) is 0 Å². The summed E-state index contributed by atoms with van der Waals surface area (Å²) >= 11 is 0. The normalized spacial score (nSPS) is 17.9. The summed E-state index contributed by atoms with van der Waals surface area (Å²) in [6, 6.07) is 9.24. The molecular weight excluding hydrogens is 284 g/mol. The third-order valence-electron chi connectivity index (χ3n) is 3.80. The summed E-state index contributed by atoms with van der Waals surface area (Å²) in [7, 11) is 1.55. The van der Waals surface area contributed by atoms with Gasteiger partial charge in [0.25, 0.3) is 5.91 Å². The molecule has 6 heteroatoms. The van der Waals surface area contributed by atoms with Crippen molar-refractivity contribution < 1.29 is 19.2 Å². The van der Waals surface area contributed by atoms with Gasteiger partial charge in [0.1, 0.15) is 6.61 Å². The molecule has 0 aliphatic carbocycles. The minimum atomic E-state index is -0.546. The first-order valence-electron chi connectivity index (χ1n) is 7.18.